The van der Waals surface area contributed by atoms with Gasteiger partial charge in [-0.1, -0.05) is 48.5 Å². The van der Waals surface area contributed by atoms with Crippen molar-refractivity contribution in [3.8, 4) is 0 Å². The van der Waals surface area contributed by atoms with E-state index in [1.165, 1.54) is 11.2 Å². The van der Waals surface area contributed by atoms with Crippen LogP contribution in [-0.4, -0.2) is 157 Å². The van der Waals surface area contributed by atoms with Gasteiger partial charge in [0.1, 0.15) is 54.2 Å². The number of likely N-dealkylation sites (tertiary alicyclic amines) is 1. The molecule has 26 heteroatoms. The number of aliphatic carboxylic acids is 2. The van der Waals surface area contributed by atoms with E-state index < -0.39 is 133 Å². The fourth-order valence-electron chi connectivity index (χ4n) is 8.79. The third kappa shape index (κ3) is 17.4. The van der Waals surface area contributed by atoms with E-state index in [1.807, 2.05) is 24.3 Å². The molecule has 76 heavy (non-hydrogen) atoms. The molecule has 4 aromatic rings. The Kier molecular flexibility index (Phi) is 22.4. The van der Waals surface area contributed by atoms with Crippen molar-refractivity contribution in [1.29, 1.82) is 0 Å². The van der Waals surface area contributed by atoms with Crippen LogP contribution in [0.5, 0.6) is 0 Å². The maximum atomic E-state index is 14.5. The molecular weight excluding hydrogens is 991 g/mol. The number of para-hydroxylation sites is 1. The highest BCUT2D eigenvalue weighted by Crippen LogP contribution is 2.21. The summed E-state index contributed by atoms with van der Waals surface area (Å²) in [6.45, 7) is -0.274. The number of fused-ring (bicyclic) bond motifs is 1. The van der Waals surface area contributed by atoms with Crippen molar-refractivity contribution < 1.29 is 79.7 Å². The molecule has 3 heterocycles. The molecule has 1 aliphatic rings. The van der Waals surface area contributed by atoms with E-state index in [0.717, 1.165) is 16.5 Å². The second-order valence-electron chi connectivity index (χ2n) is 18.6. The minimum atomic E-state index is -1.57. The Bertz CT molecular complexity index is 2650. The van der Waals surface area contributed by atoms with E-state index in [2.05, 4.69) is 58.3 Å². The van der Waals surface area contributed by atoms with Crippen molar-refractivity contribution >= 4 is 70.1 Å². The molecule has 1 saturated heterocycles. The lowest BCUT2D eigenvalue weighted by atomic mass is 10.0. The van der Waals surface area contributed by atoms with Gasteiger partial charge in [-0.3, -0.25) is 48.1 Å². The number of unbranched alkanes of at least 4 members (excludes halogenated alkanes) is 1. The van der Waals surface area contributed by atoms with Gasteiger partial charge in [-0.25, -0.2) is 9.78 Å². The summed E-state index contributed by atoms with van der Waals surface area (Å²) in [4.78, 5) is 144. The predicted molar refractivity (Wildman–Crippen MR) is 268 cm³/mol. The lowest BCUT2D eigenvalue weighted by Crippen LogP contribution is -2.70. The van der Waals surface area contributed by atoms with Crippen LogP contribution in [0.15, 0.2) is 73.3 Å². The number of carbonyl (C=O) groups is 10. The first-order chi connectivity index (χ1) is 36.4. The van der Waals surface area contributed by atoms with Crippen molar-refractivity contribution in [2.24, 2.45) is 5.73 Å². The molecule has 0 unspecified atom stereocenters. The maximum Gasteiger partial charge on any atom is 0.326 e. The number of aliphatic hydroxyl groups excluding tert-OH is 1. The van der Waals surface area contributed by atoms with Gasteiger partial charge in [0.25, 0.3) is 5.91 Å². The number of amides is 8. The number of H-pyrrole nitrogens is 3. The molecule has 0 bridgehead atoms. The minimum Gasteiger partial charge on any atom is -0.481 e. The summed E-state index contributed by atoms with van der Waals surface area (Å²) < 4.78 is 0. The molecule has 2 aromatic carbocycles. The molecule has 26 nitrogen and oxygen atoms in total. The molecule has 5 rings (SSSR count). The fraction of sp³-hybridized carbons (Fsp3) is 0.460. The molecule has 1 aliphatic heterocycles. The van der Waals surface area contributed by atoms with Gasteiger partial charge in [0.15, 0.2) is 6.04 Å². The molecule has 0 radical (unpaired) electrons. The second kappa shape index (κ2) is 29.0. The number of carbonyl (C=O) groups excluding carboxylic acids is 8. The van der Waals surface area contributed by atoms with Gasteiger partial charge in [-0.05, 0) is 62.1 Å². The van der Waals surface area contributed by atoms with Gasteiger partial charge < -0.3 is 74.3 Å². The molecular formula is C50H70N13O13+3. The zero-order valence-corrected chi connectivity index (χ0v) is 42.0. The molecule has 0 saturated carbocycles. The number of nitrogens with zero attached hydrogens (tertiary/aromatic N) is 1. The standard InChI is InChI=1S/C50H67N13O13/c51-19-7-6-13-36(50(75)76)59-44(69)35(16-18-42(66)67)57-46(71)37(21-28-9-2-1-3-10-28)60-45(70)34(15-17-41(53)65)58-48(73)40-14-8-20-63(40)49(74)38(23-30-25-54-27-56-30)61-47(72)39(26-64)62-43(68)32(52)22-29-24-55-33-12-5-4-11-31(29)33/h1-5,9-12,24-25,27,32,34-40,55,64H,6-8,13-23,26,51-52H2,(H2,53,65)(H,54,56)(H,57,71)(H,58,73)(H,59,69)(H,60,70)(H,61,72)(H,62,68)(H,66,67)(H,75,76)/p+3/t32-,34-,35-,36-,37-,38-,39-,40-/m0/s1. The van der Waals surface area contributed by atoms with Crippen molar-refractivity contribution in [1.82, 2.24) is 46.8 Å². The van der Waals surface area contributed by atoms with E-state index in [-0.39, 0.29) is 45.1 Å². The van der Waals surface area contributed by atoms with Crippen LogP contribution < -0.4 is 54.1 Å². The van der Waals surface area contributed by atoms with Crippen molar-refractivity contribution in [2.45, 2.75) is 125 Å². The lowest BCUT2D eigenvalue weighted by Gasteiger charge is -2.30. The summed E-state index contributed by atoms with van der Waals surface area (Å²) in [5.41, 5.74) is 15.8. The summed E-state index contributed by atoms with van der Waals surface area (Å²) in [6, 6.07) is 4.91. The molecule has 0 spiro atoms. The third-order valence-electron chi connectivity index (χ3n) is 12.9. The highest BCUT2D eigenvalue weighted by molar-refractivity contribution is 5.98. The van der Waals surface area contributed by atoms with Gasteiger partial charge in [0.2, 0.25) is 47.7 Å². The highest BCUT2D eigenvalue weighted by Gasteiger charge is 2.41. The van der Waals surface area contributed by atoms with Crippen LogP contribution in [0.3, 0.4) is 0 Å². The second-order valence-corrected chi connectivity index (χ2v) is 18.6. The molecule has 0 aliphatic carbocycles. The smallest absolute Gasteiger partial charge is 0.326 e. The van der Waals surface area contributed by atoms with Crippen molar-refractivity contribution in [2.75, 3.05) is 19.7 Å². The van der Waals surface area contributed by atoms with Crippen molar-refractivity contribution in [3.05, 3.63) is 90.1 Å². The number of nitrogens with two attached hydrogens (primary N) is 1. The molecule has 8 atom stereocenters. The van der Waals surface area contributed by atoms with Gasteiger partial charge in [0, 0.05) is 55.7 Å². The van der Waals surface area contributed by atoms with E-state index in [9.17, 15) is 63.3 Å². The average molecular weight is 1060 g/mol. The number of aliphatic hydroxyl groups is 1. The predicted octanol–water partition coefficient (Wildman–Crippen LogP) is -4.53. The Morgan fingerprint density at radius 1 is 0.697 bits per heavy atom. The van der Waals surface area contributed by atoms with Crippen LogP contribution in [0.4, 0.5) is 0 Å². The van der Waals surface area contributed by atoms with Gasteiger partial charge >= 0.3 is 11.9 Å². The Morgan fingerprint density at radius 3 is 1.97 bits per heavy atom. The van der Waals surface area contributed by atoms with E-state index in [1.54, 1.807) is 42.7 Å². The van der Waals surface area contributed by atoms with Crippen LogP contribution in [0.2, 0.25) is 0 Å². The number of benzene rings is 2. The number of nitrogens with one attached hydrogen (secondary N) is 9. The van der Waals surface area contributed by atoms with Crippen molar-refractivity contribution in [3.63, 3.8) is 0 Å². The zero-order valence-electron chi connectivity index (χ0n) is 42.0. The average Bonchev–Trinajstić information content (AvgIpc) is 4.20. The molecule has 8 amide bonds. The Hall–Kier alpha value is -8.23. The van der Waals surface area contributed by atoms with Crippen LogP contribution in [0.1, 0.15) is 74.6 Å². The van der Waals surface area contributed by atoms with Gasteiger partial charge in [-0.15, -0.1) is 0 Å². The molecule has 410 valence electrons. The normalized spacial score (nSPS) is 15.9. The zero-order chi connectivity index (χ0) is 55.3. The van der Waals surface area contributed by atoms with Crippen LogP contribution in [0.25, 0.3) is 10.9 Å². The highest BCUT2D eigenvalue weighted by atomic mass is 16.4. The lowest BCUT2D eigenvalue weighted by molar-refractivity contribution is -0.403. The summed E-state index contributed by atoms with van der Waals surface area (Å²) in [5, 5.41) is 45.6. The summed E-state index contributed by atoms with van der Waals surface area (Å²) in [5.74, 6) is -9.48. The number of hydrogen-bond acceptors (Lipinski definition) is 11. The van der Waals surface area contributed by atoms with E-state index in [4.69, 9.17) is 5.73 Å². The first-order valence-corrected chi connectivity index (χ1v) is 25.1. The quantitative estimate of drug-likeness (QED) is 0.0212. The van der Waals surface area contributed by atoms with E-state index >= 15 is 0 Å². The Morgan fingerprint density at radius 2 is 1.32 bits per heavy atom. The number of hydrogen-bond donors (Lipinski definition) is 14. The first-order valence-electron chi connectivity index (χ1n) is 25.1. The maximum absolute atomic E-state index is 14.5. The minimum absolute atomic E-state index is 0.0366. The number of quaternary nitrogens is 2. The number of aromatic nitrogens is 3. The number of carboxylic acids is 2. The molecule has 1 fully saturated rings. The topological polar surface area (TPSA) is 434 Å². The SMILES string of the molecule is NC(=O)CC[C@H](NC(=O)[C@@H]1CCCN1C(=O)[C@H](Cc1c[nH+]c[nH]1)NC(=O)[C@H](CO)NC(=O)[C@@H]([NH3+])Cc1c[nH]c2ccccc12)C(=O)N[C@@H](Cc1ccccc1)C(=O)N[C@@H](CCC(=O)O)C(=O)N[C@@H](CCCC[NH3+])C(=O)O. The van der Waals surface area contributed by atoms with Crippen LogP contribution in [0, 0.1) is 0 Å². The number of carboxylic acid groups (broad SMARTS) is 2. The number of primary amides is 1. The summed E-state index contributed by atoms with van der Waals surface area (Å²) in [6.07, 6.45) is 4.29. The number of aromatic amines is 3. The first kappa shape index (κ1) is 58.7. The van der Waals surface area contributed by atoms with Gasteiger partial charge in [-0.2, -0.15) is 0 Å². The Balaban J connectivity index is 1.32. The molecule has 20 N–H and O–H groups in total. The molecule has 2 aromatic heterocycles. The Labute approximate surface area is 436 Å². The summed E-state index contributed by atoms with van der Waals surface area (Å²) >= 11 is 0. The van der Waals surface area contributed by atoms with Crippen LogP contribution in [-0.2, 0) is 67.2 Å². The monoisotopic (exact) mass is 1060 g/mol. The third-order valence-corrected chi connectivity index (χ3v) is 12.9. The van der Waals surface area contributed by atoms with E-state index in [0.29, 0.717) is 37.1 Å². The van der Waals surface area contributed by atoms with Gasteiger partial charge in [0.05, 0.1) is 13.2 Å². The largest absolute Gasteiger partial charge is 0.481 e. The summed E-state index contributed by atoms with van der Waals surface area (Å²) in [7, 11) is 0. The number of imidazole rings is 1. The fourth-order valence-corrected chi connectivity index (χ4v) is 8.79. The number of rotatable bonds is 31. The van der Waals surface area contributed by atoms with Crippen LogP contribution >= 0.6 is 0 Å².